The zero-order valence-corrected chi connectivity index (χ0v) is 12.2. The number of amides is 2. The Labute approximate surface area is 123 Å². The Morgan fingerprint density at radius 2 is 2.19 bits per heavy atom. The molecule has 1 fully saturated rings. The number of methoxy groups -OCH3 is 1. The van der Waals surface area contributed by atoms with Crippen LogP contribution in [0.15, 0.2) is 16.9 Å². The van der Waals surface area contributed by atoms with Crippen molar-refractivity contribution < 1.29 is 18.8 Å². The van der Waals surface area contributed by atoms with Crippen LogP contribution in [0, 0.1) is 0 Å². The third-order valence-electron chi connectivity index (χ3n) is 3.62. The van der Waals surface area contributed by atoms with E-state index in [0.717, 1.165) is 25.7 Å². The number of carbonyl (C=O) groups excluding carboxylic acids is 2. The lowest BCUT2D eigenvalue weighted by Gasteiger charge is -2.33. The van der Waals surface area contributed by atoms with Crippen LogP contribution in [0.25, 0.3) is 0 Å². The highest BCUT2D eigenvalue weighted by Crippen LogP contribution is 2.22. The number of rotatable bonds is 6. The monoisotopic (exact) mass is 295 g/mol. The number of nitrogens with zero attached hydrogens (tertiary/aromatic N) is 2. The molecule has 21 heavy (non-hydrogen) atoms. The highest BCUT2D eigenvalue weighted by Gasteiger charge is 2.27. The third-order valence-corrected chi connectivity index (χ3v) is 3.62. The van der Waals surface area contributed by atoms with Crippen LogP contribution >= 0.6 is 0 Å². The summed E-state index contributed by atoms with van der Waals surface area (Å²) in [6.07, 6.45) is 6.62. The molecule has 0 unspecified atom stereocenters. The normalized spacial score (nSPS) is 15.7. The predicted molar refractivity (Wildman–Crippen MR) is 75.6 cm³/mol. The highest BCUT2D eigenvalue weighted by molar-refractivity contribution is 5.94. The summed E-state index contributed by atoms with van der Waals surface area (Å²) in [5.74, 6) is -0.0820. The molecule has 7 nitrogen and oxygen atoms in total. The van der Waals surface area contributed by atoms with E-state index in [4.69, 9.17) is 4.74 Å². The molecule has 1 saturated carbocycles. The van der Waals surface area contributed by atoms with Crippen molar-refractivity contribution in [2.24, 2.45) is 0 Å². The largest absolute Gasteiger partial charge is 0.375 e. The summed E-state index contributed by atoms with van der Waals surface area (Å²) < 4.78 is 9.57. The summed E-state index contributed by atoms with van der Waals surface area (Å²) in [7, 11) is 1.48. The first-order valence-electron chi connectivity index (χ1n) is 7.19. The van der Waals surface area contributed by atoms with Gasteiger partial charge in [-0.25, -0.2) is 0 Å². The van der Waals surface area contributed by atoms with Gasteiger partial charge in [-0.1, -0.05) is 24.4 Å². The van der Waals surface area contributed by atoms with Gasteiger partial charge in [0.05, 0.1) is 0 Å². The molecule has 1 aromatic rings. The molecule has 0 aromatic carbocycles. The van der Waals surface area contributed by atoms with E-state index in [2.05, 4.69) is 15.0 Å². The molecule has 7 heteroatoms. The quantitative estimate of drug-likeness (QED) is 0.858. The summed E-state index contributed by atoms with van der Waals surface area (Å²) in [4.78, 5) is 25.8. The van der Waals surface area contributed by atoms with Gasteiger partial charge < -0.3 is 19.5 Å². The lowest BCUT2D eigenvalue weighted by molar-refractivity contribution is -0.141. The van der Waals surface area contributed by atoms with Gasteiger partial charge in [0.15, 0.2) is 5.82 Å². The van der Waals surface area contributed by atoms with E-state index in [1.165, 1.54) is 19.8 Å². The lowest BCUT2D eigenvalue weighted by Crippen LogP contribution is -2.47. The molecular weight excluding hydrogens is 274 g/mol. The van der Waals surface area contributed by atoms with Gasteiger partial charge >= 0.3 is 0 Å². The Hall–Kier alpha value is -1.89. The Balaban J connectivity index is 1.97. The molecule has 2 amide bonds. The fraction of sp³-hybridized carbons (Fsp3) is 0.643. The van der Waals surface area contributed by atoms with Crippen molar-refractivity contribution in [1.29, 1.82) is 0 Å². The molecule has 0 atom stereocenters. The molecule has 0 bridgehead atoms. The zero-order valence-electron chi connectivity index (χ0n) is 12.2. The van der Waals surface area contributed by atoms with Crippen molar-refractivity contribution in [1.82, 2.24) is 10.1 Å². The van der Waals surface area contributed by atoms with Crippen molar-refractivity contribution in [2.75, 3.05) is 25.6 Å². The van der Waals surface area contributed by atoms with E-state index >= 15 is 0 Å². The van der Waals surface area contributed by atoms with Gasteiger partial charge in [-0.05, 0) is 12.8 Å². The van der Waals surface area contributed by atoms with Crippen molar-refractivity contribution in [3.63, 3.8) is 0 Å². The molecule has 1 aliphatic rings. The predicted octanol–water partition coefficient (Wildman–Crippen LogP) is 1.42. The number of ether oxygens (including phenoxy) is 1. The molecule has 0 spiro atoms. The number of aromatic nitrogens is 1. The summed E-state index contributed by atoms with van der Waals surface area (Å²) in [5.41, 5.74) is 0. The molecule has 116 valence electrons. The van der Waals surface area contributed by atoms with Crippen LogP contribution in [0.1, 0.15) is 32.1 Å². The summed E-state index contributed by atoms with van der Waals surface area (Å²) in [6, 6.07) is 1.67. The van der Waals surface area contributed by atoms with E-state index in [0.29, 0.717) is 5.82 Å². The Kier molecular flexibility index (Phi) is 5.74. The molecule has 1 heterocycles. The van der Waals surface area contributed by atoms with Gasteiger partial charge in [0.2, 0.25) is 11.8 Å². The second-order valence-corrected chi connectivity index (χ2v) is 5.18. The molecule has 2 rings (SSSR count). The number of hydrogen-bond donors (Lipinski definition) is 1. The second-order valence-electron chi connectivity index (χ2n) is 5.18. The van der Waals surface area contributed by atoms with Crippen LogP contribution in [0.4, 0.5) is 5.82 Å². The van der Waals surface area contributed by atoms with Crippen LogP contribution in [0.2, 0.25) is 0 Å². The van der Waals surface area contributed by atoms with Gasteiger partial charge in [0.1, 0.15) is 19.4 Å². The van der Waals surface area contributed by atoms with Gasteiger partial charge in [-0.15, -0.1) is 0 Å². The zero-order chi connectivity index (χ0) is 15.1. The van der Waals surface area contributed by atoms with Crippen molar-refractivity contribution in [3.8, 4) is 0 Å². The van der Waals surface area contributed by atoms with Crippen LogP contribution in [-0.2, 0) is 14.3 Å². The van der Waals surface area contributed by atoms with Crippen LogP contribution in [-0.4, -0.2) is 48.2 Å². The molecule has 1 aromatic heterocycles. The van der Waals surface area contributed by atoms with E-state index in [1.54, 1.807) is 11.0 Å². The van der Waals surface area contributed by atoms with Gasteiger partial charge in [-0.2, -0.15) is 0 Å². The fourth-order valence-electron chi connectivity index (χ4n) is 2.63. The molecule has 0 saturated heterocycles. The SMILES string of the molecule is COCC(=O)N(CC(=O)Nc1ccon1)C1CCCCC1. The maximum absolute atomic E-state index is 12.2. The maximum atomic E-state index is 12.2. The number of nitrogens with one attached hydrogen (secondary N) is 1. The van der Waals surface area contributed by atoms with Crippen LogP contribution in [0.5, 0.6) is 0 Å². The van der Waals surface area contributed by atoms with Crippen molar-refractivity contribution in [3.05, 3.63) is 12.3 Å². The van der Waals surface area contributed by atoms with E-state index in [9.17, 15) is 9.59 Å². The highest BCUT2D eigenvalue weighted by atomic mass is 16.5. The van der Waals surface area contributed by atoms with Crippen molar-refractivity contribution in [2.45, 2.75) is 38.1 Å². The van der Waals surface area contributed by atoms with E-state index < -0.39 is 0 Å². The smallest absolute Gasteiger partial charge is 0.249 e. The topological polar surface area (TPSA) is 84.7 Å². The maximum Gasteiger partial charge on any atom is 0.249 e. The molecule has 0 aliphatic heterocycles. The summed E-state index contributed by atoms with van der Waals surface area (Å²) >= 11 is 0. The van der Waals surface area contributed by atoms with Crippen molar-refractivity contribution >= 4 is 17.6 Å². The standard InChI is InChI=1S/C14H21N3O4/c1-20-10-14(19)17(11-5-3-2-4-6-11)9-13(18)15-12-7-8-21-16-12/h7-8,11H,2-6,9-10H2,1H3,(H,15,16,18). The van der Waals surface area contributed by atoms with Crippen LogP contribution < -0.4 is 5.32 Å². The average molecular weight is 295 g/mol. The Morgan fingerprint density at radius 1 is 1.43 bits per heavy atom. The minimum Gasteiger partial charge on any atom is -0.375 e. The van der Waals surface area contributed by atoms with E-state index in [1.807, 2.05) is 0 Å². The van der Waals surface area contributed by atoms with Gasteiger partial charge in [0.25, 0.3) is 0 Å². The van der Waals surface area contributed by atoms with E-state index in [-0.39, 0.29) is 31.0 Å². The summed E-state index contributed by atoms with van der Waals surface area (Å²) in [5, 5.41) is 6.23. The van der Waals surface area contributed by atoms with Gasteiger partial charge in [-0.3, -0.25) is 9.59 Å². The lowest BCUT2D eigenvalue weighted by atomic mass is 9.94. The first kappa shape index (κ1) is 15.5. The third kappa shape index (κ3) is 4.56. The minimum atomic E-state index is -0.279. The van der Waals surface area contributed by atoms with Gasteiger partial charge in [0, 0.05) is 19.2 Å². The van der Waals surface area contributed by atoms with Crippen LogP contribution in [0.3, 0.4) is 0 Å². The number of anilines is 1. The number of hydrogen-bond acceptors (Lipinski definition) is 5. The Morgan fingerprint density at radius 3 is 2.81 bits per heavy atom. The molecule has 0 radical (unpaired) electrons. The molecule has 1 aliphatic carbocycles. The minimum absolute atomic E-state index is 0.00621. The number of carbonyl (C=O) groups is 2. The Bertz CT molecular complexity index is 455. The second kappa shape index (κ2) is 7.78. The summed E-state index contributed by atoms with van der Waals surface area (Å²) in [6.45, 7) is 0.00740. The molecular formula is C14H21N3O4. The first-order valence-corrected chi connectivity index (χ1v) is 7.19. The average Bonchev–Trinajstić information content (AvgIpc) is 2.98. The molecule has 1 N–H and O–H groups in total. The fourth-order valence-corrected chi connectivity index (χ4v) is 2.63. The first-order chi connectivity index (χ1) is 10.2.